The Hall–Kier alpha value is -1.56. The van der Waals surface area contributed by atoms with Gasteiger partial charge in [0.2, 0.25) is 0 Å². The summed E-state index contributed by atoms with van der Waals surface area (Å²) >= 11 is 1.27. The number of hydrogen-bond acceptors (Lipinski definition) is 5. The number of anilines is 1. The van der Waals surface area contributed by atoms with Crippen molar-refractivity contribution in [2.45, 2.75) is 13.8 Å². The molecule has 0 spiro atoms. The summed E-state index contributed by atoms with van der Waals surface area (Å²) in [4.78, 5) is 25.3. The van der Waals surface area contributed by atoms with Crippen molar-refractivity contribution in [2.75, 3.05) is 25.4 Å². The second kappa shape index (κ2) is 6.24. The maximum absolute atomic E-state index is 12.0. The normalized spacial score (nSPS) is 10.0. The fourth-order valence-electron chi connectivity index (χ4n) is 1.33. The van der Waals surface area contributed by atoms with E-state index in [1.807, 2.05) is 0 Å². The molecule has 17 heavy (non-hydrogen) atoms. The molecule has 0 unspecified atom stereocenters. The molecule has 0 aliphatic rings. The highest BCUT2D eigenvalue weighted by atomic mass is 32.1. The van der Waals surface area contributed by atoms with Crippen molar-refractivity contribution >= 4 is 28.9 Å². The summed E-state index contributed by atoms with van der Waals surface area (Å²) in [6, 6.07) is 1.68. The average molecular weight is 256 g/mol. The first-order valence-electron chi connectivity index (χ1n) is 5.38. The second-order valence-electron chi connectivity index (χ2n) is 3.33. The Balaban J connectivity index is 2.71. The molecular formula is C11H16N2O3S. The monoisotopic (exact) mass is 256 g/mol. The van der Waals surface area contributed by atoms with Crippen molar-refractivity contribution in [3.05, 3.63) is 16.3 Å². The average Bonchev–Trinajstić information content (AvgIpc) is 2.72. The number of carbonyl (C=O) groups excluding carboxylic acids is 2. The van der Waals surface area contributed by atoms with Gasteiger partial charge in [-0.05, 0) is 25.3 Å². The van der Waals surface area contributed by atoms with E-state index in [0.29, 0.717) is 23.7 Å². The number of nitrogens with zero attached hydrogens (tertiary/aromatic N) is 1. The van der Waals surface area contributed by atoms with Gasteiger partial charge < -0.3 is 15.4 Å². The van der Waals surface area contributed by atoms with Crippen molar-refractivity contribution in [1.82, 2.24) is 4.90 Å². The lowest BCUT2D eigenvalue weighted by molar-refractivity contribution is -0.143. The van der Waals surface area contributed by atoms with Crippen LogP contribution in [0.15, 0.2) is 11.4 Å². The zero-order valence-corrected chi connectivity index (χ0v) is 10.8. The van der Waals surface area contributed by atoms with Crippen LogP contribution in [0.1, 0.15) is 23.5 Å². The molecule has 1 heterocycles. The molecule has 0 bridgehead atoms. The summed E-state index contributed by atoms with van der Waals surface area (Å²) in [5.74, 6) is -0.633. The highest BCUT2D eigenvalue weighted by molar-refractivity contribution is 7.12. The van der Waals surface area contributed by atoms with E-state index in [2.05, 4.69) is 0 Å². The first-order chi connectivity index (χ1) is 8.10. The van der Waals surface area contributed by atoms with Crippen LogP contribution < -0.4 is 5.73 Å². The number of ether oxygens (including phenoxy) is 1. The molecule has 1 rings (SSSR count). The van der Waals surface area contributed by atoms with Gasteiger partial charge in [-0.3, -0.25) is 9.59 Å². The lowest BCUT2D eigenvalue weighted by Gasteiger charge is -2.19. The molecule has 0 radical (unpaired) electrons. The Bertz CT molecular complexity index is 403. The molecular weight excluding hydrogens is 240 g/mol. The SMILES string of the molecule is CCOC(=O)CN(CC)C(=O)c1sccc1N. The Morgan fingerprint density at radius 3 is 2.65 bits per heavy atom. The van der Waals surface area contributed by atoms with Crippen LogP contribution in [0.2, 0.25) is 0 Å². The van der Waals surface area contributed by atoms with Gasteiger partial charge in [-0.25, -0.2) is 0 Å². The summed E-state index contributed by atoms with van der Waals surface area (Å²) in [5.41, 5.74) is 6.12. The molecule has 6 heteroatoms. The Labute approximate surface area is 104 Å². The van der Waals surface area contributed by atoms with Gasteiger partial charge in [0.25, 0.3) is 5.91 Å². The van der Waals surface area contributed by atoms with E-state index in [1.54, 1.807) is 25.3 Å². The van der Waals surface area contributed by atoms with E-state index in [4.69, 9.17) is 10.5 Å². The lowest BCUT2D eigenvalue weighted by atomic mass is 10.3. The van der Waals surface area contributed by atoms with E-state index >= 15 is 0 Å². The number of amides is 1. The van der Waals surface area contributed by atoms with Crippen molar-refractivity contribution in [3.63, 3.8) is 0 Å². The van der Waals surface area contributed by atoms with Gasteiger partial charge in [-0.15, -0.1) is 11.3 Å². The Kier molecular flexibility index (Phi) is 4.96. The number of thiophene rings is 1. The predicted octanol–water partition coefficient (Wildman–Crippen LogP) is 1.36. The number of rotatable bonds is 5. The third-order valence-electron chi connectivity index (χ3n) is 2.18. The quantitative estimate of drug-likeness (QED) is 0.807. The fourth-order valence-corrected chi connectivity index (χ4v) is 2.11. The molecule has 0 aliphatic carbocycles. The lowest BCUT2D eigenvalue weighted by Crippen LogP contribution is -2.36. The molecule has 0 saturated carbocycles. The highest BCUT2D eigenvalue weighted by Crippen LogP contribution is 2.20. The minimum atomic E-state index is -0.405. The van der Waals surface area contributed by atoms with Crippen LogP contribution >= 0.6 is 11.3 Å². The van der Waals surface area contributed by atoms with Gasteiger partial charge in [-0.1, -0.05) is 0 Å². The van der Waals surface area contributed by atoms with Crippen LogP contribution in [0.25, 0.3) is 0 Å². The minimum Gasteiger partial charge on any atom is -0.465 e. The number of carbonyl (C=O) groups is 2. The first kappa shape index (κ1) is 13.5. The van der Waals surface area contributed by atoms with E-state index in [9.17, 15) is 9.59 Å². The van der Waals surface area contributed by atoms with Gasteiger partial charge in [0.05, 0.1) is 12.3 Å². The second-order valence-corrected chi connectivity index (χ2v) is 4.25. The molecule has 1 aromatic heterocycles. The molecule has 0 aromatic carbocycles. The molecule has 0 atom stereocenters. The zero-order chi connectivity index (χ0) is 12.8. The van der Waals surface area contributed by atoms with Gasteiger partial charge in [0, 0.05) is 6.54 Å². The molecule has 2 N–H and O–H groups in total. The molecule has 5 nitrogen and oxygen atoms in total. The van der Waals surface area contributed by atoms with E-state index < -0.39 is 5.97 Å². The van der Waals surface area contributed by atoms with E-state index in [0.717, 1.165) is 0 Å². The van der Waals surface area contributed by atoms with Crippen LogP contribution in [-0.2, 0) is 9.53 Å². The number of esters is 1. The summed E-state index contributed by atoms with van der Waals surface area (Å²) in [6.45, 7) is 4.25. The van der Waals surface area contributed by atoms with Crippen LogP contribution in [0, 0.1) is 0 Å². The largest absolute Gasteiger partial charge is 0.465 e. The van der Waals surface area contributed by atoms with Crippen LogP contribution in [0.3, 0.4) is 0 Å². The molecule has 1 amide bonds. The third-order valence-corrected chi connectivity index (χ3v) is 3.10. The maximum Gasteiger partial charge on any atom is 0.325 e. The standard InChI is InChI=1S/C11H16N2O3S/c1-3-13(7-9(14)16-4-2)11(15)10-8(12)5-6-17-10/h5-6H,3-4,7,12H2,1-2H3. The van der Waals surface area contributed by atoms with Gasteiger partial charge in [0.15, 0.2) is 0 Å². The number of nitrogens with two attached hydrogens (primary N) is 1. The van der Waals surface area contributed by atoms with Crippen molar-refractivity contribution in [2.24, 2.45) is 0 Å². The van der Waals surface area contributed by atoms with Gasteiger partial charge in [-0.2, -0.15) is 0 Å². The Morgan fingerprint density at radius 1 is 1.47 bits per heavy atom. The molecule has 0 aliphatic heterocycles. The van der Waals surface area contributed by atoms with Crippen molar-refractivity contribution in [3.8, 4) is 0 Å². The van der Waals surface area contributed by atoms with E-state index in [1.165, 1.54) is 16.2 Å². The predicted molar refractivity (Wildman–Crippen MR) is 66.9 cm³/mol. The molecule has 94 valence electrons. The topological polar surface area (TPSA) is 72.6 Å². The summed E-state index contributed by atoms with van der Waals surface area (Å²) in [7, 11) is 0. The number of nitrogen functional groups attached to an aromatic ring is 1. The molecule has 1 aromatic rings. The summed E-state index contributed by atoms with van der Waals surface area (Å²) in [5, 5.41) is 1.75. The summed E-state index contributed by atoms with van der Waals surface area (Å²) in [6.07, 6.45) is 0. The minimum absolute atomic E-state index is 0.0412. The Morgan fingerprint density at radius 2 is 2.18 bits per heavy atom. The fraction of sp³-hybridized carbons (Fsp3) is 0.455. The molecule has 0 fully saturated rings. The van der Waals surface area contributed by atoms with E-state index in [-0.39, 0.29) is 12.5 Å². The van der Waals surface area contributed by atoms with Crippen LogP contribution in [-0.4, -0.2) is 36.5 Å². The molecule has 0 saturated heterocycles. The van der Waals surface area contributed by atoms with Crippen molar-refractivity contribution < 1.29 is 14.3 Å². The third kappa shape index (κ3) is 3.45. The zero-order valence-electron chi connectivity index (χ0n) is 9.93. The van der Waals surface area contributed by atoms with Crippen LogP contribution in [0.5, 0.6) is 0 Å². The summed E-state index contributed by atoms with van der Waals surface area (Å²) < 4.78 is 4.81. The maximum atomic E-state index is 12.0. The highest BCUT2D eigenvalue weighted by Gasteiger charge is 2.20. The van der Waals surface area contributed by atoms with Gasteiger partial charge >= 0.3 is 5.97 Å². The first-order valence-corrected chi connectivity index (χ1v) is 6.26. The van der Waals surface area contributed by atoms with Crippen molar-refractivity contribution in [1.29, 1.82) is 0 Å². The smallest absolute Gasteiger partial charge is 0.325 e. The number of hydrogen-bond donors (Lipinski definition) is 1. The van der Waals surface area contributed by atoms with Gasteiger partial charge in [0.1, 0.15) is 11.4 Å². The number of likely N-dealkylation sites (N-methyl/N-ethyl adjacent to an activating group) is 1. The van der Waals surface area contributed by atoms with Crippen LogP contribution in [0.4, 0.5) is 5.69 Å².